The highest BCUT2D eigenvalue weighted by Crippen LogP contribution is 1.91. The van der Waals surface area contributed by atoms with Gasteiger partial charge in [0.2, 0.25) is 0 Å². The van der Waals surface area contributed by atoms with E-state index in [1.807, 2.05) is 0 Å². The summed E-state index contributed by atoms with van der Waals surface area (Å²) in [6, 6.07) is 3.46. The number of pyridine rings is 1. The molecule has 1 amide bonds. The first-order valence-electron chi connectivity index (χ1n) is 4.41. The molecule has 0 unspecified atom stereocenters. The third-order valence-electron chi connectivity index (χ3n) is 1.38. The summed E-state index contributed by atoms with van der Waals surface area (Å²) >= 11 is 0. The monoisotopic (exact) mass is 201 g/mol. The summed E-state index contributed by atoms with van der Waals surface area (Å²) in [4.78, 5) is 15.0. The molecule has 0 atom stereocenters. The number of rotatable bonds is 1. The van der Waals surface area contributed by atoms with Gasteiger partial charge in [0, 0.05) is 29.6 Å². The van der Waals surface area contributed by atoms with E-state index in [1.54, 1.807) is 38.4 Å². The van der Waals surface area contributed by atoms with Crippen LogP contribution in [-0.4, -0.2) is 16.6 Å². The summed E-state index contributed by atoms with van der Waals surface area (Å²) in [5.41, 5.74) is 3.83. The van der Waals surface area contributed by atoms with Gasteiger partial charge in [-0.2, -0.15) is 5.10 Å². The predicted molar refractivity (Wildman–Crippen MR) is 58.0 cm³/mol. The minimum atomic E-state index is -0.423. The van der Waals surface area contributed by atoms with Crippen LogP contribution in [0, 0.1) is 11.8 Å². The van der Waals surface area contributed by atoms with Crippen molar-refractivity contribution in [3.8, 4) is 11.8 Å². The normalized spacial score (nSPS) is 8.40. The average Bonchev–Trinajstić information content (AvgIpc) is 2.25. The van der Waals surface area contributed by atoms with E-state index in [2.05, 4.69) is 27.4 Å². The van der Waals surface area contributed by atoms with Gasteiger partial charge in [-0.15, -0.1) is 0 Å². The van der Waals surface area contributed by atoms with Crippen LogP contribution in [0.1, 0.15) is 19.4 Å². The molecule has 76 valence electrons. The Morgan fingerprint density at radius 3 is 2.67 bits per heavy atom. The molecule has 4 heteroatoms. The summed E-state index contributed by atoms with van der Waals surface area (Å²) in [7, 11) is 0. The zero-order chi connectivity index (χ0) is 11.1. The van der Waals surface area contributed by atoms with Crippen LogP contribution in [0.15, 0.2) is 29.6 Å². The van der Waals surface area contributed by atoms with Crippen molar-refractivity contribution < 1.29 is 4.79 Å². The highest BCUT2D eigenvalue weighted by Gasteiger charge is 1.91. The molecule has 15 heavy (non-hydrogen) atoms. The molecule has 1 heterocycles. The van der Waals surface area contributed by atoms with Crippen molar-refractivity contribution in [1.82, 2.24) is 10.4 Å². The van der Waals surface area contributed by atoms with Crippen molar-refractivity contribution in [2.75, 3.05) is 0 Å². The maximum absolute atomic E-state index is 11.1. The first-order chi connectivity index (χ1) is 7.18. The molecule has 0 aromatic carbocycles. The zero-order valence-electron chi connectivity index (χ0n) is 8.61. The van der Waals surface area contributed by atoms with Gasteiger partial charge in [-0.1, -0.05) is 5.92 Å². The molecule has 0 aliphatic heterocycles. The zero-order valence-corrected chi connectivity index (χ0v) is 8.61. The van der Waals surface area contributed by atoms with E-state index in [0.29, 0.717) is 0 Å². The van der Waals surface area contributed by atoms with Crippen LogP contribution in [0.2, 0.25) is 0 Å². The number of hydrazone groups is 1. The van der Waals surface area contributed by atoms with Crippen molar-refractivity contribution in [2.24, 2.45) is 5.10 Å². The second-order valence-electron chi connectivity index (χ2n) is 2.99. The topological polar surface area (TPSA) is 54.4 Å². The number of carbonyl (C=O) groups excluding carboxylic acids is 1. The molecule has 0 saturated heterocycles. The van der Waals surface area contributed by atoms with Gasteiger partial charge in [-0.3, -0.25) is 9.78 Å². The van der Waals surface area contributed by atoms with Crippen LogP contribution in [0.4, 0.5) is 0 Å². The molecule has 0 aliphatic carbocycles. The smallest absolute Gasteiger partial charge is 0.265 e. The standard InChI is InChI=1S/C11H11N3O/c1-9(2)13-14-11(15)4-3-10-5-7-12-8-6-10/h5-8H,1-2H3,(H,14,15). The molecule has 0 aliphatic rings. The molecule has 0 fully saturated rings. The minimum absolute atomic E-state index is 0.423. The van der Waals surface area contributed by atoms with Gasteiger partial charge in [0.25, 0.3) is 0 Å². The Balaban J connectivity index is 2.59. The number of amides is 1. The lowest BCUT2D eigenvalue weighted by molar-refractivity contribution is -0.115. The fourth-order valence-electron chi connectivity index (χ4n) is 0.755. The highest BCUT2D eigenvalue weighted by atomic mass is 16.2. The lowest BCUT2D eigenvalue weighted by Gasteiger charge is -1.91. The average molecular weight is 201 g/mol. The molecule has 0 spiro atoms. The van der Waals surface area contributed by atoms with Crippen LogP contribution in [0.5, 0.6) is 0 Å². The van der Waals surface area contributed by atoms with Gasteiger partial charge >= 0.3 is 5.91 Å². The molecule has 1 aromatic rings. The lowest BCUT2D eigenvalue weighted by atomic mass is 10.3. The van der Waals surface area contributed by atoms with Crippen LogP contribution < -0.4 is 5.43 Å². The summed E-state index contributed by atoms with van der Waals surface area (Å²) < 4.78 is 0. The fourth-order valence-corrected chi connectivity index (χ4v) is 0.755. The van der Waals surface area contributed by atoms with Gasteiger partial charge in [-0.25, -0.2) is 5.43 Å². The highest BCUT2D eigenvalue weighted by molar-refractivity contribution is 5.94. The molecular formula is C11H11N3O. The molecule has 0 saturated carbocycles. The molecule has 4 nitrogen and oxygen atoms in total. The molecule has 1 aromatic heterocycles. The fraction of sp³-hybridized carbons (Fsp3) is 0.182. The molecule has 1 N–H and O–H groups in total. The molecule has 0 bridgehead atoms. The van der Waals surface area contributed by atoms with Gasteiger partial charge in [0.05, 0.1) is 0 Å². The van der Waals surface area contributed by atoms with E-state index in [-0.39, 0.29) is 0 Å². The third-order valence-corrected chi connectivity index (χ3v) is 1.38. The van der Waals surface area contributed by atoms with Crippen molar-refractivity contribution in [3.63, 3.8) is 0 Å². The summed E-state index contributed by atoms with van der Waals surface area (Å²) in [6.45, 7) is 3.58. The number of hydrogen-bond donors (Lipinski definition) is 1. The maximum atomic E-state index is 11.1. The van der Waals surface area contributed by atoms with Gasteiger partial charge in [0.15, 0.2) is 0 Å². The third kappa shape index (κ3) is 4.58. The number of nitrogens with one attached hydrogen (secondary N) is 1. The largest absolute Gasteiger partial charge is 0.316 e. The van der Waals surface area contributed by atoms with E-state index < -0.39 is 5.91 Å². The summed E-state index contributed by atoms with van der Waals surface area (Å²) in [5.74, 6) is 4.69. The van der Waals surface area contributed by atoms with Gasteiger partial charge in [-0.05, 0) is 26.0 Å². The van der Waals surface area contributed by atoms with Crippen molar-refractivity contribution in [3.05, 3.63) is 30.1 Å². The Morgan fingerprint density at radius 2 is 2.07 bits per heavy atom. The number of carbonyl (C=O) groups is 1. The van der Waals surface area contributed by atoms with Gasteiger partial charge in [0.1, 0.15) is 0 Å². The molecular weight excluding hydrogens is 190 g/mol. The van der Waals surface area contributed by atoms with Crippen LogP contribution in [0.3, 0.4) is 0 Å². The number of hydrogen-bond acceptors (Lipinski definition) is 3. The van der Waals surface area contributed by atoms with Crippen molar-refractivity contribution in [1.29, 1.82) is 0 Å². The number of aromatic nitrogens is 1. The Hall–Kier alpha value is -2.15. The second kappa shape index (κ2) is 5.55. The maximum Gasteiger partial charge on any atom is 0.316 e. The Bertz CT molecular complexity index is 422. The van der Waals surface area contributed by atoms with Gasteiger partial charge < -0.3 is 0 Å². The predicted octanol–water partition coefficient (Wildman–Crippen LogP) is 0.945. The second-order valence-corrected chi connectivity index (χ2v) is 2.99. The van der Waals surface area contributed by atoms with E-state index in [9.17, 15) is 4.79 Å². The van der Waals surface area contributed by atoms with Crippen LogP contribution in [0.25, 0.3) is 0 Å². The number of nitrogens with zero attached hydrogens (tertiary/aromatic N) is 2. The van der Waals surface area contributed by atoms with E-state index in [0.717, 1.165) is 11.3 Å². The first kappa shape index (κ1) is 10.9. The quantitative estimate of drug-likeness (QED) is 0.417. The van der Waals surface area contributed by atoms with Crippen molar-refractivity contribution >= 4 is 11.6 Å². The van der Waals surface area contributed by atoms with E-state index in [4.69, 9.17) is 0 Å². The van der Waals surface area contributed by atoms with Crippen molar-refractivity contribution in [2.45, 2.75) is 13.8 Å². The molecule has 1 rings (SSSR count). The van der Waals surface area contributed by atoms with E-state index >= 15 is 0 Å². The Kier molecular flexibility index (Phi) is 4.05. The van der Waals surface area contributed by atoms with Crippen LogP contribution >= 0.6 is 0 Å². The Morgan fingerprint density at radius 1 is 1.40 bits per heavy atom. The van der Waals surface area contributed by atoms with Crippen LogP contribution in [-0.2, 0) is 4.79 Å². The minimum Gasteiger partial charge on any atom is -0.265 e. The van der Waals surface area contributed by atoms with E-state index in [1.165, 1.54) is 0 Å². The summed E-state index contributed by atoms with van der Waals surface area (Å²) in [6.07, 6.45) is 3.24. The summed E-state index contributed by atoms with van der Waals surface area (Å²) in [5, 5.41) is 3.74. The Labute approximate surface area is 88.4 Å². The SMILES string of the molecule is CC(C)=NNC(=O)C#Cc1ccncc1. The first-order valence-corrected chi connectivity index (χ1v) is 4.41. The lowest BCUT2D eigenvalue weighted by Crippen LogP contribution is -2.15. The molecule has 0 radical (unpaired) electrons.